The van der Waals surface area contributed by atoms with Crippen LogP contribution in [-0.4, -0.2) is 23.1 Å². The molecule has 0 saturated carbocycles. The third-order valence-electron chi connectivity index (χ3n) is 3.26. The van der Waals surface area contributed by atoms with Crippen LogP contribution in [0.5, 0.6) is 0 Å². The molecule has 5 nitrogen and oxygen atoms in total. The monoisotopic (exact) mass is 298 g/mol. The Labute approximate surface area is 129 Å². The molecule has 1 atom stereocenters. The summed E-state index contributed by atoms with van der Waals surface area (Å²) in [5.41, 5.74) is 3.20. The molecule has 0 aliphatic heterocycles. The third kappa shape index (κ3) is 4.34. The first kappa shape index (κ1) is 15.6. The molecule has 3 N–H and O–H groups in total. The van der Waals surface area contributed by atoms with Gasteiger partial charge in [0.15, 0.2) is 0 Å². The van der Waals surface area contributed by atoms with Crippen LogP contribution in [0.25, 0.3) is 11.1 Å². The molecule has 0 aromatic heterocycles. The van der Waals surface area contributed by atoms with Gasteiger partial charge in [0.05, 0.1) is 0 Å². The van der Waals surface area contributed by atoms with Gasteiger partial charge in [-0.3, -0.25) is 4.79 Å². The molecule has 0 aliphatic rings. The fourth-order valence-electron chi connectivity index (χ4n) is 2.04. The summed E-state index contributed by atoms with van der Waals surface area (Å²) >= 11 is 0. The largest absolute Gasteiger partial charge is 0.465 e. The van der Waals surface area contributed by atoms with Crippen LogP contribution in [0.15, 0.2) is 54.6 Å². The number of hydrogen-bond donors (Lipinski definition) is 3. The fourth-order valence-corrected chi connectivity index (χ4v) is 2.04. The van der Waals surface area contributed by atoms with Gasteiger partial charge in [-0.15, -0.1) is 0 Å². The van der Waals surface area contributed by atoms with Gasteiger partial charge in [0.2, 0.25) is 5.91 Å². The van der Waals surface area contributed by atoms with Crippen LogP contribution in [-0.2, 0) is 11.3 Å². The Kier molecular flexibility index (Phi) is 5.14. The zero-order valence-corrected chi connectivity index (χ0v) is 12.2. The lowest BCUT2D eigenvalue weighted by molar-refractivity contribution is -0.122. The summed E-state index contributed by atoms with van der Waals surface area (Å²) in [4.78, 5) is 22.2. The maximum absolute atomic E-state index is 11.7. The highest BCUT2D eigenvalue weighted by atomic mass is 16.4. The maximum Gasteiger partial charge on any atom is 0.405 e. The molecule has 0 fully saturated rings. The molecule has 0 bridgehead atoms. The molecule has 2 aromatic rings. The molecule has 2 rings (SSSR count). The first-order valence-corrected chi connectivity index (χ1v) is 6.98. The first-order valence-electron chi connectivity index (χ1n) is 6.98. The minimum atomic E-state index is -1.21. The Balaban J connectivity index is 1.92. The normalized spacial score (nSPS) is 11.5. The van der Waals surface area contributed by atoms with Crippen molar-refractivity contribution in [2.45, 2.75) is 19.5 Å². The second-order valence-electron chi connectivity index (χ2n) is 4.95. The Morgan fingerprint density at radius 2 is 1.59 bits per heavy atom. The number of rotatable bonds is 5. The summed E-state index contributed by atoms with van der Waals surface area (Å²) in [7, 11) is 0. The van der Waals surface area contributed by atoms with Crippen molar-refractivity contribution in [2.75, 3.05) is 0 Å². The second kappa shape index (κ2) is 7.26. The number of carbonyl (C=O) groups excluding carboxylic acids is 1. The Bertz CT molecular complexity index is 639. The van der Waals surface area contributed by atoms with E-state index in [0.29, 0.717) is 6.54 Å². The summed E-state index contributed by atoms with van der Waals surface area (Å²) in [5, 5.41) is 13.4. The molecule has 2 aromatic carbocycles. The summed E-state index contributed by atoms with van der Waals surface area (Å²) in [5.74, 6) is -0.352. The van der Waals surface area contributed by atoms with Crippen molar-refractivity contribution >= 4 is 12.0 Å². The number of hydrogen-bond acceptors (Lipinski definition) is 2. The van der Waals surface area contributed by atoms with Crippen LogP contribution >= 0.6 is 0 Å². The smallest absolute Gasteiger partial charge is 0.405 e. The highest BCUT2D eigenvalue weighted by molar-refractivity contribution is 5.84. The molecule has 2 amide bonds. The fraction of sp³-hybridized carbons (Fsp3) is 0.176. The average molecular weight is 298 g/mol. The molecule has 1 unspecified atom stereocenters. The summed E-state index contributed by atoms with van der Waals surface area (Å²) in [6, 6.07) is 17.1. The van der Waals surface area contributed by atoms with Gasteiger partial charge in [0, 0.05) is 6.54 Å². The summed E-state index contributed by atoms with van der Waals surface area (Å²) < 4.78 is 0. The maximum atomic E-state index is 11.7. The van der Waals surface area contributed by atoms with Crippen LogP contribution in [0.4, 0.5) is 4.79 Å². The van der Waals surface area contributed by atoms with Crippen molar-refractivity contribution in [1.82, 2.24) is 10.6 Å². The Morgan fingerprint density at radius 3 is 2.18 bits per heavy atom. The summed E-state index contributed by atoms with van der Waals surface area (Å²) in [6.45, 7) is 1.86. The minimum Gasteiger partial charge on any atom is -0.465 e. The van der Waals surface area contributed by atoms with E-state index in [1.807, 2.05) is 54.6 Å². The van der Waals surface area contributed by atoms with E-state index in [4.69, 9.17) is 5.11 Å². The van der Waals surface area contributed by atoms with Crippen molar-refractivity contribution in [1.29, 1.82) is 0 Å². The molecule has 5 heteroatoms. The molecule has 0 heterocycles. The van der Waals surface area contributed by atoms with Crippen LogP contribution < -0.4 is 10.6 Å². The number of benzene rings is 2. The van der Waals surface area contributed by atoms with Gasteiger partial charge in [-0.25, -0.2) is 4.79 Å². The quantitative estimate of drug-likeness (QED) is 0.794. The van der Waals surface area contributed by atoms with Crippen LogP contribution in [0, 0.1) is 0 Å². The number of carboxylic acid groups (broad SMARTS) is 1. The number of carbonyl (C=O) groups is 2. The highest BCUT2D eigenvalue weighted by Crippen LogP contribution is 2.19. The van der Waals surface area contributed by atoms with E-state index in [1.54, 1.807) is 0 Å². The van der Waals surface area contributed by atoms with Gasteiger partial charge in [-0.05, 0) is 23.6 Å². The topological polar surface area (TPSA) is 78.4 Å². The summed E-state index contributed by atoms with van der Waals surface area (Å²) in [6.07, 6.45) is -1.21. The molecule has 0 radical (unpaired) electrons. The van der Waals surface area contributed by atoms with Crippen molar-refractivity contribution < 1.29 is 14.7 Å². The van der Waals surface area contributed by atoms with Gasteiger partial charge < -0.3 is 15.7 Å². The van der Waals surface area contributed by atoms with Crippen LogP contribution in [0.3, 0.4) is 0 Å². The van der Waals surface area contributed by atoms with E-state index in [2.05, 4.69) is 10.6 Å². The van der Waals surface area contributed by atoms with E-state index in [0.717, 1.165) is 16.7 Å². The lowest BCUT2D eigenvalue weighted by Crippen LogP contribution is -2.43. The number of amides is 2. The molecule has 0 spiro atoms. The van der Waals surface area contributed by atoms with Crippen LogP contribution in [0.2, 0.25) is 0 Å². The predicted octanol–water partition coefficient (Wildman–Crippen LogP) is 2.63. The second-order valence-corrected chi connectivity index (χ2v) is 4.95. The Morgan fingerprint density at radius 1 is 1.00 bits per heavy atom. The van der Waals surface area contributed by atoms with E-state index in [-0.39, 0.29) is 5.91 Å². The van der Waals surface area contributed by atoms with E-state index in [9.17, 15) is 9.59 Å². The van der Waals surface area contributed by atoms with Gasteiger partial charge in [0.1, 0.15) is 6.04 Å². The highest BCUT2D eigenvalue weighted by Gasteiger charge is 2.14. The van der Waals surface area contributed by atoms with Crippen LogP contribution in [0.1, 0.15) is 12.5 Å². The lowest BCUT2D eigenvalue weighted by Gasteiger charge is -2.12. The molecule has 114 valence electrons. The number of nitrogens with one attached hydrogen (secondary N) is 2. The van der Waals surface area contributed by atoms with E-state index in [1.165, 1.54) is 6.92 Å². The van der Waals surface area contributed by atoms with Crippen molar-refractivity contribution in [3.05, 3.63) is 60.2 Å². The predicted molar refractivity (Wildman–Crippen MR) is 84.3 cm³/mol. The third-order valence-corrected chi connectivity index (χ3v) is 3.26. The molecular weight excluding hydrogens is 280 g/mol. The van der Waals surface area contributed by atoms with Crippen molar-refractivity contribution in [3.63, 3.8) is 0 Å². The first-order chi connectivity index (χ1) is 10.6. The minimum absolute atomic E-state index is 0.352. The van der Waals surface area contributed by atoms with Gasteiger partial charge in [0.25, 0.3) is 0 Å². The Hall–Kier alpha value is -2.82. The molecular formula is C17H18N2O3. The SMILES string of the molecule is CC(NC(=O)O)C(=O)NCc1ccc(-c2ccccc2)cc1. The van der Waals surface area contributed by atoms with Gasteiger partial charge in [-0.1, -0.05) is 54.6 Å². The standard InChI is InChI=1S/C17H18N2O3/c1-12(19-17(21)22)16(20)18-11-13-7-9-15(10-8-13)14-5-3-2-4-6-14/h2-10,12,19H,11H2,1H3,(H,18,20)(H,21,22). The van der Waals surface area contributed by atoms with Gasteiger partial charge in [-0.2, -0.15) is 0 Å². The molecule has 0 aliphatic carbocycles. The molecule has 22 heavy (non-hydrogen) atoms. The van der Waals surface area contributed by atoms with E-state index >= 15 is 0 Å². The lowest BCUT2D eigenvalue weighted by atomic mass is 10.0. The zero-order chi connectivity index (χ0) is 15.9. The van der Waals surface area contributed by atoms with Gasteiger partial charge >= 0.3 is 6.09 Å². The molecule has 0 saturated heterocycles. The van der Waals surface area contributed by atoms with E-state index < -0.39 is 12.1 Å². The van der Waals surface area contributed by atoms with Crippen molar-refractivity contribution in [3.8, 4) is 11.1 Å². The zero-order valence-electron chi connectivity index (χ0n) is 12.2. The average Bonchev–Trinajstić information content (AvgIpc) is 2.53. The van der Waals surface area contributed by atoms with Crippen molar-refractivity contribution in [2.24, 2.45) is 0 Å².